The van der Waals surface area contributed by atoms with Crippen molar-refractivity contribution in [2.45, 2.75) is 25.8 Å². The number of hydrogen-bond acceptors (Lipinski definition) is 3. The molecule has 2 aromatic heterocycles. The highest BCUT2D eigenvalue weighted by molar-refractivity contribution is 5.92. The van der Waals surface area contributed by atoms with Gasteiger partial charge in [0, 0.05) is 48.3 Å². The van der Waals surface area contributed by atoms with Gasteiger partial charge >= 0.3 is 0 Å². The van der Waals surface area contributed by atoms with E-state index in [0.29, 0.717) is 17.1 Å². The first-order valence-electron chi connectivity index (χ1n) is 8.11. The Labute approximate surface area is 138 Å². The zero-order valence-electron chi connectivity index (χ0n) is 13.4. The van der Waals surface area contributed by atoms with E-state index in [-0.39, 0.29) is 5.52 Å². The van der Waals surface area contributed by atoms with E-state index < -0.39 is 11.6 Å². The normalized spacial score (nSPS) is 16.0. The fourth-order valence-electron chi connectivity index (χ4n) is 3.49. The summed E-state index contributed by atoms with van der Waals surface area (Å²) >= 11 is 0. The van der Waals surface area contributed by atoms with E-state index in [2.05, 4.69) is 19.4 Å². The number of fused-ring (bicyclic) bond motifs is 1. The summed E-state index contributed by atoms with van der Waals surface area (Å²) in [5, 5.41) is 0.667. The van der Waals surface area contributed by atoms with E-state index in [1.54, 1.807) is 12.3 Å². The number of aromatic nitrogens is 3. The van der Waals surface area contributed by atoms with Crippen molar-refractivity contribution < 1.29 is 8.78 Å². The molecule has 0 spiro atoms. The van der Waals surface area contributed by atoms with E-state index in [4.69, 9.17) is 0 Å². The zero-order chi connectivity index (χ0) is 16.7. The third kappa shape index (κ3) is 2.52. The molecule has 0 N–H and O–H groups in total. The summed E-state index contributed by atoms with van der Waals surface area (Å²) in [7, 11) is 0. The quantitative estimate of drug-likeness (QED) is 0.716. The number of piperidine rings is 1. The van der Waals surface area contributed by atoms with Crippen LogP contribution in [0.15, 0.2) is 36.9 Å². The molecule has 1 aliphatic rings. The Balaban J connectivity index is 1.66. The molecule has 3 heterocycles. The lowest BCUT2D eigenvalue weighted by Crippen LogP contribution is -2.34. The molecule has 4 rings (SSSR count). The molecule has 3 aromatic rings. The highest BCUT2D eigenvalue weighted by atomic mass is 19.2. The molecular formula is C18H18F2N4. The summed E-state index contributed by atoms with van der Waals surface area (Å²) in [5.41, 5.74) is 1.74. The first-order valence-corrected chi connectivity index (χ1v) is 8.11. The van der Waals surface area contributed by atoms with Crippen LogP contribution in [-0.4, -0.2) is 27.6 Å². The Morgan fingerprint density at radius 3 is 2.67 bits per heavy atom. The van der Waals surface area contributed by atoms with E-state index in [0.717, 1.165) is 31.6 Å². The second kappa shape index (κ2) is 5.85. The van der Waals surface area contributed by atoms with Gasteiger partial charge in [0.2, 0.25) is 0 Å². The predicted octanol–water partition coefficient (Wildman–Crippen LogP) is 3.86. The first kappa shape index (κ1) is 15.1. The van der Waals surface area contributed by atoms with Crippen LogP contribution in [0.5, 0.6) is 0 Å². The van der Waals surface area contributed by atoms with Crippen molar-refractivity contribution in [3.8, 4) is 0 Å². The fourth-order valence-corrected chi connectivity index (χ4v) is 3.49. The maximum absolute atomic E-state index is 14.1. The maximum atomic E-state index is 14.1. The summed E-state index contributed by atoms with van der Waals surface area (Å²) in [6, 6.07) is 5.19. The molecule has 124 valence electrons. The van der Waals surface area contributed by atoms with Crippen LogP contribution in [0.4, 0.5) is 14.5 Å². The minimum absolute atomic E-state index is 0.113. The topological polar surface area (TPSA) is 34.0 Å². The minimum atomic E-state index is -0.870. The van der Waals surface area contributed by atoms with Crippen molar-refractivity contribution in [2.75, 3.05) is 18.0 Å². The van der Waals surface area contributed by atoms with E-state index >= 15 is 0 Å². The van der Waals surface area contributed by atoms with Gasteiger partial charge in [-0.15, -0.1) is 0 Å². The summed E-state index contributed by atoms with van der Waals surface area (Å²) < 4.78 is 29.8. The second-order valence-electron chi connectivity index (χ2n) is 6.27. The molecule has 0 atom stereocenters. The van der Waals surface area contributed by atoms with Gasteiger partial charge in [-0.1, -0.05) is 0 Å². The predicted molar refractivity (Wildman–Crippen MR) is 89.1 cm³/mol. The molecule has 1 saturated heterocycles. The summed E-state index contributed by atoms with van der Waals surface area (Å²) in [6.45, 7) is 3.53. The molecule has 1 aromatic carbocycles. The Morgan fingerprint density at radius 2 is 1.96 bits per heavy atom. The standard InChI is InChI=1S/C18H18F2N4/c1-12-10-16(14-2-3-15(19)17(20)18(14)22-12)23-7-4-13(5-8-23)24-9-6-21-11-24/h2-3,6,9-11,13H,4-5,7-8H2,1H3. The molecule has 0 saturated carbocycles. The zero-order valence-corrected chi connectivity index (χ0v) is 13.4. The molecule has 0 unspecified atom stereocenters. The Bertz CT molecular complexity index is 868. The number of rotatable bonds is 2. The number of halogens is 2. The van der Waals surface area contributed by atoms with Crippen LogP contribution in [0.1, 0.15) is 24.6 Å². The fraction of sp³-hybridized carbons (Fsp3) is 0.333. The average Bonchev–Trinajstić information content (AvgIpc) is 3.13. The monoisotopic (exact) mass is 328 g/mol. The van der Waals surface area contributed by atoms with Gasteiger partial charge in [-0.3, -0.25) is 0 Å². The first-order chi connectivity index (χ1) is 11.6. The van der Waals surface area contributed by atoms with Gasteiger partial charge in [-0.05, 0) is 38.0 Å². The van der Waals surface area contributed by atoms with Crippen molar-refractivity contribution in [2.24, 2.45) is 0 Å². The number of pyridine rings is 1. The average molecular weight is 328 g/mol. The highest BCUT2D eigenvalue weighted by Crippen LogP contribution is 2.33. The lowest BCUT2D eigenvalue weighted by molar-refractivity contribution is 0.396. The molecule has 0 radical (unpaired) electrons. The Kier molecular flexibility index (Phi) is 3.67. The number of imidazole rings is 1. The van der Waals surface area contributed by atoms with Crippen molar-refractivity contribution in [1.29, 1.82) is 0 Å². The molecule has 1 fully saturated rings. The number of nitrogens with zero attached hydrogens (tertiary/aromatic N) is 4. The van der Waals surface area contributed by atoms with Gasteiger partial charge in [0.05, 0.1) is 6.33 Å². The lowest BCUT2D eigenvalue weighted by Gasteiger charge is -2.34. The molecule has 0 aliphatic carbocycles. The largest absolute Gasteiger partial charge is 0.371 e. The molecule has 24 heavy (non-hydrogen) atoms. The summed E-state index contributed by atoms with van der Waals surface area (Å²) in [4.78, 5) is 10.5. The van der Waals surface area contributed by atoms with Crippen LogP contribution in [0, 0.1) is 18.6 Å². The number of anilines is 1. The number of aryl methyl sites for hydroxylation is 1. The Hall–Kier alpha value is -2.50. The van der Waals surface area contributed by atoms with Crippen LogP contribution in [0.2, 0.25) is 0 Å². The molecule has 1 aliphatic heterocycles. The van der Waals surface area contributed by atoms with Crippen LogP contribution in [0.25, 0.3) is 10.9 Å². The molecule has 0 bridgehead atoms. The Morgan fingerprint density at radius 1 is 1.17 bits per heavy atom. The summed E-state index contributed by atoms with van der Waals surface area (Å²) in [6.07, 6.45) is 7.62. The van der Waals surface area contributed by atoms with Gasteiger partial charge < -0.3 is 9.47 Å². The smallest absolute Gasteiger partial charge is 0.185 e. The van der Waals surface area contributed by atoms with E-state index in [1.165, 1.54) is 6.07 Å². The van der Waals surface area contributed by atoms with Crippen molar-refractivity contribution in [1.82, 2.24) is 14.5 Å². The van der Waals surface area contributed by atoms with Crippen LogP contribution >= 0.6 is 0 Å². The van der Waals surface area contributed by atoms with Crippen LogP contribution < -0.4 is 4.90 Å². The lowest BCUT2D eigenvalue weighted by atomic mass is 10.0. The molecular weight excluding hydrogens is 310 g/mol. The number of benzene rings is 1. The van der Waals surface area contributed by atoms with Gasteiger partial charge in [-0.2, -0.15) is 0 Å². The van der Waals surface area contributed by atoms with E-state index in [1.807, 2.05) is 25.5 Å². The van der Waals surface area contributed by atoms with Gasteiger partial charge in [0.25, 0.3) is 0 Å². The third-order valence-electron chi connectivity index (χ3n) is 4.73. The molecule has 0 amide bonds. The van der Waals surface area contributed by atoms with Crippen molar-refractivity contribution in [3.63, 3.8) is 0 Å². The summed E-state index contributed by atoms with van der Waals surface area (Å²) in [5.74, 6) is -1.73. The van der Waals surface area contributed by atoms with Crippen LogP contribution in [0.3, 0.4) is 0 Å². The number of hydrogen-bond donors (Lipinski definition) is 0. The van der Waals surface area contributed by atoms with Gasteiger partial charge in [-0.25, -0.2) is 18.7 Å². The molecule has 4 nitrogen and oxygen atoms in total. The third-order valence-corrected chi connectivity index (χ3v) is 4.73. The second-order valence-corrected chi connectivity index (χ2v) is 6.27. The maximum Gasteiger partial charge on any atom is 0.185 e. The van der Waals surface area contributed by atoms with E-state index in [9.17, 15) is 8.78 Å². The minimum Gasteiger partial charge on any atom is -0.371 e. The molecule has 6 heteroatoms. The van der Waals surface area contributed by atoms with Crippen molar-refractivity contribution >= 4 is 16.6 Å². The van der Waals surface area contributed by atoms with Crippen LogP contribution in [-0.2, 0) is 0 Å². The highest BCUT2D eigenvalue weighted by Gasteiger charge is 2.23. The van der Waals surface area contributed by atoms with Crippen molar-refractivity contribution in [3.05, 3.63) is 54.2 Å². The van der Waals surface area contributed by atoms with Gasteiger partial charge in [0.1, 0.15) is 5.52 Å². The van der Waals surface area contributed by atoms with Gasteiger partial charge in [0.15, 0.2) is 11.6 Å². The SMILES string of the molecule is Cc1cc(N2CCC(n3ccnc3)CC2)c2ccc(F)c(F)c2n1.